The Balaban J connectivity index is 2.61. The molecule has 16 heavy (non-hydrogen) atoms. The Hall–Kier alpha value is -0.420. The minimum Gasteiger partial charge on any atom is -0.444 e. The van der Waals surface area contributed by atoms with Crippen molar-refractivity contribution in [1.82, 2.24) is 4.90 Å². The third-order valence-corrected chi connectivity index (χ3v) is 3.63. The quantitative estimate of drug-likeness (QED) is 0.811. The maximum Gasteiger partial charge on any atom is 0.411 e. The van der Waals surface area contributed by atoms with Gasteiger partial charge in [-0.05, 0) is 27.2 Å². The molecule has 1 aliphatic heterocycles. The SMILES string of the molecule is CC[C@@H](O)[C@H]1SCCN1C(=O)OC(C)(C)C. The topological polar surface area (TPSA) is 49.8 Å². The summed E-state index contributed by atoms with van der Waals surface area (Å²) in [5.74, 6) is 0.862. The molecule has 1 rings (SSSR count). The van der Waals surface area contributed by atoms with E-state index in [1.165, 1.54) is 0 Å². The van der Waals surface area contributed by atoms with E-state index < -0.39 is 11.7 Å². The fraction of sp³-hybridized carbons (Fsp3) is 0.909. The first kappa shape index (κ1) is 13.6. The van der Waals surface area contributed by atoms with Crippen molar-refractivity contribution >= 4 is 17.9 Å². The minimum absolute atomic E-state index is 0.153. The first-order chi connectivity index (χ1) is 7.35. The van der Waals surface area contributed by atoms with E-state index >= 15 is 0 Å². The number of amides is 1. The van der Waals surface area contributed by atoms with Crippen molar-refractivity contribution in [3.63, 3.8) is 0 Å². The number of aliphatic hydroxyl groups excluding tert-OH is 1. The van der Waals surface area contributed by atoms with Gasteiger partial charge in [0, 0.05) is 12.3 Å². The van der Waals surface area contributed by atoms with Gasteiger partial charge >= 0.3 is 6.09 Å². The fourth-order valence-electron chi connectivity index (χ4n) is 1.53. The van der Waals surface area contributed by atoms with Gasteiger partial charge in [-0.15, -0.1) is 11.8 Å². The predicted octanol–water partition coefficient (Wildman–Crippen LogP) is 2.07. The smallest absolute Gasteiger partial charge is 0.411 e. The van der Waals surface area contributed by atoms with E-state index in [2.05, 4.69) is 0 Å². The third-order valence-electron chi connectivity index (χ3n) is 2.30. The Morgan fingerprint density at radius 1 is 1.62 bits per heavy atom. The number of hydrogen-bond donors (Lipinski definition) is 1. The summed E-state index contributed by atoms with van der Waals surface area (Å²) >= 11 is 1.61. The third kappa shape index (κ3) is 3.56. The number of carbonyl (C=O) groups is 1. The van der Waals surface area contributed by atoms with Crippen LogP contribution in [0.15, 0.2) is 0 Å². The highest BCUT2D eigenvalue weighted by Crippen LogP contribution is 2.29. The second kappa shape index (κ2) is 5.27. The van der Waals surface area contributed by atoms with Crippen molar-refractivity contribution in [3.05, 3.63) is 0 Å². The summed E-state index contributed by atoms with van der Waals surface area (Å²) in [7, 11) is 0. The van der Waals surface area contributed by atoms with Gasteiger partial charge in [-0.3, -0.25) is 4.90 Å². The fourth-order valence-corrected chi connectivity index (χ4v) is 2.85. The van der Waals surface area contributed by atoms with Crippen LogP contribution in [0.4, 0.5) is 4.79 Å². The first-order valence-electron chi connectivity index (χ1n) is 5.64. The molecule has 1 N–H and O–H groups in total. The van der Waals surface area contributed by atoms with E-state index in [9.17, 15) is 9.90 Å². The highest BCUT2D eigenvalue weighted by molar-refractivity contribution is 8.00. The molecule has 0 radical (unpaired) electrons. The van der Waals surface area contributed by atoms with Gasteiger partial charge in [0.1, 0.15) is 11.0 Å². The molecule has 0 bridgehead atoms. The Kier molecular flexibility index (Phi) is 4.50. The van der Waals surface area contributed by atoms with Crippen molar-refractivity contribution in [1.29, 1.82) is 0 Å². The Labute approximate surface area is 101 Å². The largest absolute Gasteiger partial charge is 0.444 e. The van der Waals surface area contributed by atoms with E-state index in [0.29, 0.717) is 13.0 Å². The lowest BCUT2D eigenvalue weighted by molar-refractivity contribution is 0.0132. The number of rotatable bonds is 2. The zero-order valence-corrected chi connectivity index (χ0v) is 11.2. The zero-order chi connectivity index (χ0) is 12.3. The maximum atomic E-state index is 11.9. The summed E-state index contributed by atoms with van der Waals surface area (Å²) in [6, 6.07) is 0. The van der Waals surface area contributed by atoms with E-state index in [1.54, 1.807) is 16.7 Å². The summed E-state index contributed by atoms with van der Waals surface area (Å²) in [6.07, 6.45) is -0.147. The summed E-state index contributed by atoms with van der Waals surface area (Å²) in [4.78, 5) is 13.5. The van der Waals surface area contributed by atoms with Crippen molar-refractivity contribution in [2.24, 2.45) is 0 Å². The molecule has 0 saturated carbocycles. The molecule has 4 nitrogen and oxygen atoms in total. The zero-order valence-electron chi connectivity index (χ0n) is 10.4. The van der Waals surface area contributed by atoms with Gasteiger partial charge in [-0.2, -0.15) is 0 Å². The second-order valence-electron chi connectivity index (χ2n) is 4.91. The van der Waals surface area contributed by atoms with Gasteiger partial charge in [-0.1, -0.05) is 6.92 Å². The van der Waals surface area contributed by atoms with Crippen molar-refractivity contribution < 1.29 is 14.6 Å². The van der Waals surface area contributed by atoms with E-state index in [4.69, 9.17) is 4.74 Å². The maximum absolute atomic E-state index is 11.9. The normalized spacial score (nSPS) is 23.3. The Bertz CT molecular complexity index is 252. The highest BCUT2D eigenvalue weighted by Gasteiger charge is 2.36. The molecule has 2 atom stereocenters. The van der Waals surface area contributed by atoms with Crippen LogP contribution >= 0.6 is 11.8 Å². The van der Waals surface area contributed by atoms with Crippen molar-refractivity contribution in [2.75, 3.05) is 12.3 Å². The number of ether oxygens (including phenoxy) is 1. The molecule has 1 aliphatic rings. The van der Waals surface area contributed by atoms with Crippen LogP contribution in [0.25, 0.3) is 0 Å². The molecule has 0 unspecified atom stereocenters. The van der Waals surface area contributed by atoms with Crippen molar-refractivity contribution in [2.45, 2.75) is 51.2 Å². The van der Waals surface area contributed by atoms with Gasteiger partial charge in [0.2, 0.25) is 0 Å². The lowest BCUT2D eigenvalue weighted by Crippen LogP contribution is -2.44. The number of thioether (sulfide) groups is 1. The summed E-state index contributed by atoms with van der Waals surface area (Å²) < 4.78 is 5.31. The van der Waals surface area contributed by atoms with Crippen LogP contribution in [0.1, 0.15) is 34.1 Å². The van der Waals surface area contributed by atoms with Crippen LogP contribution in [0, 0.1) is 0 Å². The van der Waals surface area contributed by atoms with Gasteiger partial charge in [0.25, 0.3) is 0 Å². The molecule has 1 fully saturated rings. The van der Waals surface area contributed by atoms with Crippen molar-refractivity contribution in [3.8, 4) is 0 Å². The molecule has 1 saturated heterocycles. The molecular weight excluding hydrogens is 226 g/mol. The molecule has 94 valence electrons. The monoisotopic (exact) mass is 247 g/mol. The summed E-state index contributed by atoms with van der Waals surface area (Å²) in [5, 5.41) is 9.65. The van der Waals surface area contributed by atoms with Crippen LogP contribution in [0.3, 0.4) is 0 Å². The van der Waals surface area contributed by atoms with Gasteiger partial charge in [-0.25, -0.2) is 4.79 Å². The highest BCUT2D eigenvalue weighted by atomic mass is 32.2. The van der Waals surface area contributed by atoms with E-state index in [1.807, 2.05) is 27.7 Å². The number of hydrogen-bond acceptors (Lipinski definition) is 4. The van der Waals surface area contributed by atoms with Crippen LogP contribution in [0.2, 0.25) is 0 Å². The number of aliphatic hydroxyl groups is 1. The molecule has 0 aromatic rings. The van der Waals surface area contributed by atoms with Crippen LogP contribution in [-0.2, 0) is 4.74 Å². The lowest BCUT2D eigenvalue weighted by Gasteiger charge is -2.29. The molecule has 0 aromatic heterocycles. The second-order valence-corrected chi connectivity index (χ2v) is 6.14. The van der Waals surface area contributed by atoms with Gasteiger partial charge in [0.05, 0.1) is 6.10 Å². The molecule has 0 aromatic carbocycles. The molecule has 1 amide bonds. The molecule has 5 heteroatoms. The van der Waals surface area contributed by atoms with E-state index in [-0.39, 0.29) is 11.5 Å². The van der Waals surface area contributed by atoms with Crippen LogP contribution in [-0.4, -0.2) is 45.5 Å². The number of carbonyl (C=O) groups excluding carboxylic acids is 1. The molecule has 0 spiro atoms. The average molecular weight is 247 g/mol. The van der Waals surface area contributed by atoms with Crippen LogP contribution in [0.5, 0.6) is 0 Å². The minimum atomic E-state index is -0.480. The summed E-state index contributed by atoms with van der Waals surface area (Å²) in [5.41, 5.74) is -0.480. The van der Waals surface area contributed by atoms with Gasteiger partial charge in [0.15, 0.2) is 0 Å². The predicted molar refractivity (Wildman–Crippen MR) is 65.5 cm³/mol. The van der Waals surface area contributed by atoms with Gasteiger partial charge < -0.3 is 9.84 Å². The molecule has 1 heterocycles. The Morgan fingerprint density at radius 3 is 2.75 bits per heavy atom. The standard InChI is InChI=1S/C11H21NO3S/c1-5-8(13)9-12(6-7-16-9)10(14)15-11(2,3)4/h8-9,13H,5-7H2,1-4H3/t8-,9-/m1/s1. The lowest BCUT2D eigenvalue weighted by atomic mass is 10.2. The molecule has 0 aliphatic carbocycles. The Morgan fingerprint density at radius 2 is 2.25 bits per heavy atom. The van der Waals surface area contributed by atoms with Crippen LogP contribution < -0.4 is 0 Å². The van der Waals surface area contributed by atoms with E-state index in [0.717, 1.165) is 5.75 Å². The number of nitrogens with zero attached hydrogens (tertiary/aromatic N) is 1. The average Bonchev–Trinajstić information content (AvgIpc) is 2.62. The molecular formula is C11H21NO3S. The first-order valence-corrected chi connectivity index (χ1v) is 6.69. The summed E-state index contributed by atoms with van der Waals surface area (Å²) in [6.45, 7) is 8.11.